The molecule has 0 radical (unpaired) electrons. The minimum Gasteiger partial charge on any atom is -0.431 e. The zero-order chi connectivity index (χ0) is 22.5. The first kappa shape index (κ1) is 23.0. The topological polar surface area (TPSA) is 107 Å². The number of hydrogen-bond acceptors (Lipinski definition) is 7. The van der Waals surface area contributed by atoms with E-state index < -0.39 is 23.6 Å². The second-order valence-electron chi connectivity index (χ2n) is 5.94. The molecule has 8 nitrogen and oxygen atoms in total. The highest BCUT2D eigenvalue weighted by Gasteiger charge is 2.28. The van der Waals surface area contributed by atoms with Gasteiger partial charge in [0.1, 0.15) is 5.70 Å². The van der Waals surface area contributed by atoms with Gasteiger partial charge >= 0.3 is 11.9 Å². The molecule has 1 amide bonds. The fraction of sp³-hybridized carbons (Fsp3) is 0.0870. The minimum absolute atomic E-state index is 0.0134. The second-order valence-corrected chi connectivity index (χ2v) is 5.94. The van der Waals surface area contributed by atoms with E-state index in [1.165, 1.54) is 48.6 Å². The number of carbonyl (C=O) groups is 5. The first-order valence-electron chi connectivity index (χ1n) is 9.16. The molecule has 2 aliphatic rings. The average Bonchev–Trinajstić information content (AvgIpc) is 2.77. The first-order valence-corrected chi connectivity index (χ1v) is 9.16. The van der Waals surface area contributed by atoms with E-state index in [0.717, 1.165) is 29.6 Å². The highest BCUT2D eigenvalue weighted by Crippen LogP contribution is 2.13. The van der Waals surface area contributed by atoms with Crippen LogP contribution in [0.1, 0.15) is 6.42 Å². The molecule has 0 saturated heterocycles. The zero-order valence-electron chi connectivity index (χ0n) is 16.4. The van der Waals surface area contributed by atoms with Gasteiger partial charge in [-0.2, -0.15) is 0 Å². The minimum atomic E-state index is -0.939. The fourth-order valence-electron chi connectivity index (χ4n) is 2.26. The third-order valence-electron chi connectivity index (χ3n) is 3.70. The Morgan fingerprint density at radius 1 is 0.710 bits per heavy atom. The van der Waals surface area contributed by atoms with Gasteiger partial charge < -0.3 is 9.47 Å². The van der Waals surface area contributed by atoms with Crippen LogP contribution in [0, 0.1) is 0 Å². The van der Waals surface area contributed by atoms with E-state index in [2.05, 4.69) is 0 Å². The molecule has 2 aliphatic heterocycles. The van der Waals surface area contributed by atoms with Gasteiger partial charge in [0, 0.05) is 19.0 Å². The van der Waals surface area contributed by atoms with Crippen molar-refractivity contribution >= 4 is 29.4 Å². The highest BCUT2D eigenvalue weighted by atomic mass is 16.5. The van der Waals surface area contributed by atoms with Crippen molar-refractivity contribution in [2.24, 2.45) is 0 Å². The lowest BCUT2D eigenvalue weighted by Crippen LogP contribution is -2.39. The van der Waals surface area contributed by atoms with Crippen molar-refractivity contribution in [1.29, 1.82) is 0 Å². The van der Waals surface area contributed by atoms with Crippen LogP contribution in [0.3, 0.4) is 0 Å². The van der Waals surface area contributed by atoms with Crippen molar-refractivity contribution in [3.8, 4) is 0 Å². The van der Waals surface area contributed by atoms with Crippen LogP contribution >= 0.6 is 0 Å². The van der Waals surface area contributed by atoms with E-state index >= 15 is 0 Å². The molecule has 0 aliphatic carbocycles. The summed E-state index contributed by atoms with van der Waals surface area (Å²) in [7, 11) is 0. The predicted molar refractivity (Wildman–Crippen MR) is 111 cm³/mol. The summed E-state index contributed by atoms with van der Waals surface area (Å²) in [6.07, 6.45) is 19.9. The third-order valence-corrected chi connectivity index (χ3v) is 3.70. The molecule has 31 heavy (non-hydrogen) atoms. The molecule has 8 heteroatoms. The summed E-state index contributed by atoms with van der Waals surface area (Å²) in [6.45, 7) is 0.0134. The number of ketones is 2. The Balaban J connectivity index is 2.21. The Morgan fingerprint density at radius 3 is 2.26 bits per heavy atom. The summed E-state index contributed by atoms with van der Waals surface area (Å²) >= 11 is 0. The van der Waals surface area contributed by atoms with Crippen molar-refractivity contribution < 1.29 is 33.4 Å². The van der Waals surface area contributed by atoms with E-state index in [4.69, 9.17) is 9.47 Å². The van der Waals surface area contributed by atoms with E-state index in [-0.39, 0.29) is 24.4 Å². The number of nitrogens with zero attached hydrogens (tertiary/aromatic N) is 1. The Bertz CT molecular complexity index is 987. The number of rotatable bonds is 0. The predicted octanol–water partition coefficient (Wildman–Crippen LogP) is 2.15. The molecule has 2 rings (SSSR count). The Kier molecular flexibility index (Phi) is 9.09. The van der Waals surface area contributed by atoms with Crippen LogP contribution in [0.15, 0.2) is 97.2 Å². The van der Waals surface area contributed by atoms with Gasteiger partial charge in [-0.25, -0.2) is 9.59 Å². The molecular formula is C23H19NO7. The number of esters is 2. The maximum atomic E-state index is 12.4. The molecule has 0 fully saturated rings. The first-order chi connectivity index (χ1) is 15.0. The SMILES string of the molecule is O=C1/C=C\C=C/OC(=O)C2=CC=CCN2C(=O)C(=O)/C=C/C=C/C(=O)O/C=C\C=C\C1. The molecule has 0 aromatic heterocycles. The largest absolute Gasteiger partial charge is 0.431 e. The molecule has 2 heterocycles. The molecule has 158 valence electrons. The lowest BCUT2D eigenvalue weighted by Gasteiger charge is -2.23. The van der Waals surface area contributed by atoms with Gasteiger partial charge in [0.2, 0.25) is 5.78 Å². The number of cyclic esters (lactones) is 2. The summed E-state index contributed by atoms with van der Waals surface area (Å²) in [4.78, 5) is 61.0. The number of fused-ring (bicyclic) bond motifs is 1. The summed E-state index contributed by atoms with van der Waals surface area (Å²) < 4.78 is 9.75. The van der Waals surface area contributed by atoms with Crippen LogP contribution in [0.4, 0.5) is 0 Å². The highest BCUT2D eigenvalue weighted by molar-refractivity contribution is 6.41. The number of amides is 1. The van der Waals surface area contributed by atoms with E-state index in [1.54, 1.807) is 18.2 Å². The normalized spacial score (nSPS) is 25.0. The molecule has 0 unspecified atom stereocenters. The lowest BCUT2D eigenvalue weighted by atomic mass is 10.2. The van der Waals surface area contributed by atoms with Crippen molar-refractivity contribution in [1.82, 2.24) is 4.90 Å². The summed E-state index contributed by atoms with van der Waals surface area (Å²) in [5, 5.41) is 0. The smallest absolute Gasteiger partial charge is 0.359 e. The molecular weight excluding hydrogens is 402 g/mol. The van der Waals surface area contributed by atoms with Crippen LogP contribution in [0.5, 0.6) is 0 Å². The van der Waals surface area contributed by atoms with Crippen molar-refractivity contribution in [2.75, 3.05) is 6.54 Å². The zero-order valence-corrected chi connectivity index (χ0v) is 16.4. The molecule has 0 N–H and O–H groups in total. The number of hydrogen-bond donors (Lipinski definition) is 0. The van der Waals surface area contributed by atoms with Gasteiger partial charge in [-0.15, -0.1) is 0 Å². The molecule has 0 aromatic rings. The monoisotopic (exact) mass is 421 g/mol. The van der Waals surface area contributed by atoms with Crippen molar-refractivity contribution in [3.63, 3.8) is 0 Å². The average molecular weight is 421 g/mol. The standard InChI is InChI=1S/C23H19NO7/c25-18-10-2-1-8-16-30-21(27)14-4-3-13-20(26)22(28)24-15-7-5-12-19(24)23(29)31-17-9-6-11-18/h1-9,11-14,16-17H,10,15H2/b2-1+,11-6-,13-3+,14-4+,16-8-,17-9-. The summed E-state index contributed by atoms with van der Waals surface area (Å²) in [6, 6.07) is 0. The summed E-state index contributed by atoms with van der Waals surface area (Å²) in [5.41, 5.74) is -0.114. The van der Waals surface area contributed by atoms with Gasteiger partial charge in [-0.1, -0.05) is 42.5 Å². The maximum Gasteiger partial charge on any atom is 0.359 e. The van der Waals surface area contributed by atoms with E-state index in [0.29, 0.717) is 0 Å². The fourth-order valence-corrected chi connectivity index (χ4v) is 2.26. The van der Waals surface area contributed by atoms with Gasteiger partial charge in [-0.3, -0.25) is 19.3 Å². The number of allylic oxidation sites excluding steroid dienone is 10. The van der Waals surface area contributed by atoms with Gasteiger partial charge in [0.15, 0.2) is 5.78 Å². The molecule has 0 saturated carbocycles. The second kappa shape index (κ2) is 12.3. The molecule has 0 atom stereocenters. The summed E-state index contributed by atoms with van der Waals surface area (Å²) in [5.74, 6) is -3.58. The number of ether oxygens (including phenoxy) is 2. The van der Waals surface area contributed by atoms with Crippen LogP contribution in [-0.2, 0) is 33.4 Å². The third kappa shape index (κ3) is 7.90. The van der Waals surface area contributed by atoms with Crippen LogP contribution in [-0.4, -0.2) is 40.9 Å². The Morgan fingerprint density at radius 2 is 1.42 bits per heavy atom. The van der Waals surface area contributed by atoms with Crippen molar-refractivity contribution in [2.45, 2.75) is 6.42 Å². The van der Waals surface area contributed by atoms with Gasteiger partial charge in [-0.05, 0) is 30.4 Å². The van der Waals surface area contributed by atoms with E-state index in [1.807, 2.05) is 0 Å². The number of carbonyl (C=O) groups excluding carboxylic acids is 5. The van der Waals surface area contributed by atoms with Crippen molar-refractivity contribution in [3.05, 3.63) is 97.2 Å². The van der Waals surface area contributed by atoms with E-state index in [9.17, 15) is 24.0 Å². The molecule has 0 spiro atoms. The molecule has 0 bridgehead atoms. The maximum absolute atomic E-state index is 12.4. The lowest BCUT2D eigenvalue weighted by molar-refractivity contribution is -0.144. The van der Waals surface area contributed by atoms with Crippen LogP contribution in [0.25, 0.3) is 0 Å². The Labute approximate surface area is 178 Å². The molecule has 0 aromatic carbocycles. The van der Waals surface area contributed by atoms with Gasteiger partial charge in [0.05, 0.1) is 12.5 Å². The quantitative estimate of drug-likeness (QED) is 0.436. The van der Waals surface area contributed by atoms with Crippen LogP contribution < -0.4 is 0 Å². The van der Waals surface area contributed by atoms with Crippen LogP contribution in [0.2, 0.25) is 0 Å². The van der Waals surface area contributed by atoms with Gasteiger partial charge in [0.25, 0.3) is 5.91 Å². The Hall–Kier alpha value is -4.33.